The molecule has 0 spiro atoms. The van der Waals surface area contributed by atoms with Crippen LogP contribution in [0.5, 0.6) is 17.2 Å². The molecule has 9 nitrogen and oxygen atoms in total. The molecule has 2 aromatic rings. The molecule has 0 radical (unpaired) electrons. The number of rotatable bonds is 8. The number of aromatic nitrogens is 3. The lowest BCUT2D eigenvalue weighted by Gasteiger charge is -2.14. The van der Waals surface area contributed by atoms with E-state index in [1.54, 1.807) is 26.4 Å². The topological polar surface area (TPSA) is 114 Å². The van der Waals surface area contributed by atoms with E-state index in [0.29, 0.717) is 28.9 Å². The van der Waals surface area contributed by atoms with Gasteiger partial charge in [0.1, 0.15) is 6.33 Å². The van der Waals surface area contributed by atoms with Crippen molar-refractivity contribution < 1.29 is 19.0 Å². The van der Waals surface area contributed by atoms with Gasteiger partial charge in [-0.05, 0) is 17.7 Å². The molecule has 0 aliphatic carbocycles. The molecule has 2 rings (SSSR count). The largest absolute Gasteiger partial charge is 0.493 e. The first-order valence-electron chi connectivity index (χ1n) is 6.92. The summed E-state index contributed by atoms with van der Waals surface area (Å²) in [6, 6.07) is 3.57. The van der Waals surface area contributed by atoms with Gasteiger partial charge in [0.25, 0.3) is 0 Å². The number of carbonyl (C=O) groups is 1. The first kappa shape index (κ1) is 17.7. The van der Waals surface area contributed by atoms with Crippen molar-refractivity contribution in [1.82, 2.24) is 20.2 Å². The van der Waals surface area contributed by atoms with E-state index in [0.717, 1.165) is 5.56 Å². The molecule has 1 heterocycles. The third kappa shape index (κ3) is 4.22. The third-order valence-electron chi connectivity index (χ3n) is 3.09. The molecule has 1 aromatic carbocycles. The monoisotopic (exact) mass is 353 g/mol. The fraction of sp³-hybridized carbons (Fsp3) is 0.357. The summed E-state index contributed by atoms with van der Waals surface area (Å²) in [5.41, 5.74) is 0.824. The zero-order valence-corrected chi connectivity index (χ0v) is 14.4. The Morgan fingerprint density at radius 3 is 2.42 bits per heavy atom. The van der Waals surface area contributed by atoms with Crippen LogP contribution < -0.4 is 25.4 Å². The SMILES string of the molecule is COc1cc(CNC(=O)CSc2nncn2N)cc(OC)c1OC. The highest BCUT2D eigenvalue weighted by Gasteiger charge is 2.14. The minimum Gasteiger partial charge on any atom is -0.493 e. The van der Waals surface area contributed by atoms with Crippen molar-refractivity contribution in [1.29, 1.82) is 0 Å². The van der Waals surface area contributed by atoms with Crippen molar-refractivity contribution in [3.05, 3.63) is 24.0 Å². The van der Waals surface area contributed by atoms with Crippen molar-refractivity contribution in [2.24, 2.45) is 0 Å². The summed E-state index contributed by atoms with van der Waals surface area (Å²) in [5, 5.41) is 10.7. The van der Waals surface area contributed by atoms with Crippen molar-refractivity contribution >= 4 is 17.7 Å². The maximum absolute atomic E-state index is 11.9. The summed E-state index contributed by atoms with van der Waals surface area (Å²) in [6.07, 6.45) is 1.37. The Labute approximate surface area is 143 Å². The highest BCUT2D eigenvalue weighted by molar-refractivity contribution is 7.99. The maximum Gasteiger partial charge on any atom is 0.230 e. The summed E-state index contributed by atoms with van der Waals surface area (Å²) in [6.45, 7) is 0.325. The highest BCUT2D eigenvalue weighted by atomic mass is 32.2. The molecule has 0 saturated carbocycles. The van der Waals surface area contributed by atoms with Gasteiger partial charge in [0.15, 0.2) is 11.5 Å². The lowest BCUT2D eigenvalue weighted by molar-refractivity contribution is -0.118. The van der Waals surface area contributed by atoms with E-state index >= 15 is 0 Å². The number of hydrogen-bond acceptors (Lipinski definition) is 8. The van der Waals surface area contributed by atoms with E-state index < -0.39 is 0 Å². The lowest BCUT2D eigenvalue weighted by Crippen LogP contribution is -2.25. The van der Waals surface area contributed by atoms with Crippen LogP contribution in [-0.4, -0.2) is 47.9 Å². The van der Waals surface area contributed by atoms with E-state index in [4.69, 9.17) is 20.1 Å². The van der Waals surface area contributed by atoms with Gasteiger partial charge in [-0.2, -0.15) is 0 Å². The second-order valence-electron chi connectivity index (χ2n) is 4.62. The molecule has 24 heavy (non-hydrogen) atoms. The minimum absolute atomic E-state index is 0.156. The van der Waals surface area contributed by atoms with Gasteiger partial charge < -0.3 is 25.4 Å². The second kappa shape index (κ2) is 8.29. The van der Waals surface area contributed by atoms with Crippen LogP contribution in [0.1, 0.15) is 5.56 Å². The molecule has 0 fully saturated rings. The molecule has 1 aromatic heterocycles. The number of ether oxygens (including phenoxy) is 3. The van der Waals surface area contributed by atoms with Crippen LogP contribution in [0.4, 0.5) is 0 Å². The quantitative estimate of drug-likeness (QED) is 0.519. The maximum atomic E-state index is 11.9. The van der Waals surface area contributed by atoms with E-state index in [-0.39, 0.29) is 11.7 Å². The van der Waals surface area contributed by atoms with Gasteiger partial charge in [-0.25, -0.2) is 4.68 Å². The number of hydrogen-bond donors (Lipinski definition) is 2. The van der Waals surface area contributed by atoms with Crippen LogP contribution >= 0.6 is 11.8 Å². The molecule has 0 aliphatic heterocycles. The molecule has 3 N–H and O–H groups in total. The number of amides is 1. The van der Waals surface area contributed by atoms with Crippen molar-refractivity contribution in [2.45, 2.75) is 11.7 Å². The van der Waals surface area contributed by atoms with Crippen LogP contribution in [0.25, 0.3) is 0 Å². The number of methoxy groups -OCH3 is 3. The molecule has 130 valence electrons. The minimum atomic E-state index is -0.156. The van der Waals surface area contributed by atoms with E-state index in [9.17, 15) is 4.79 Å². The molecular formula is C14H19N5O4S. The van der Waals surface area contributed by atoms with Crippen molar-refractivity contribution in [3.8, 4) is 17.2 Å². The Balaban J connectivity index is 1.95. The standard InChI is InChI=1S/C14H19N5O4S/c1-21-10-4-9(5-11(22-2)13(10)23-3)6-16-12(20)7-24-14-18-17-8-19(14)15/h4-5,8H,6-7,15H2,1-3H3,(H,16,20). The highest BCUT2D eigenvalue weighted by Crippen LogP contribution is 2.38. The Bertz CT molecular complexity index is 681. The summed E-state index contributed by atoms with van der Waals surface area (Å²) in [7, 11) is 4.62. The zero-order chi connectivity index (χ0) is 17.5. The van der Waals surface area contributed by atoms with Crippen LogP contribution in [0.2, 0.25) is 0 Å². The van der Waals surface area contributed by atoms with E-state index in [2.05, 4.69) is 15.5 Å². The van der Waals surface area contributed by atoms with Gasteiger partial charge in [-0.3, -0.25) is 4.79 Å². The number of benzene rings is 1. The molecular weight excluding hydrogens is 334 g/mol. The lowest BCUT2D eigenvalue weighted by atomic mass is 10.2. The molecule has 0 unspecified atom stereocenters. The van der Waals surface area contributed by atoms with Gasteiger partial charge in [-0.15, -0.1) is 10.2 Å². The molecule has 0 bridgehead atoms. The molecule has 0 saturated heterocycles. The van der Waals surface area contributed by atoms with E-state index in [1.165, 1.54) is 29.9 Å². The average Bonchev–Trinajstić information content (AvgIpc) is 3.01. The number of nitrogens with two attached hydrogens (primary N) is 1. The Kier molecular flexibility index (Phi) is 6.13. The van der Waals surface area contributed by atoms with Crippen LogP contribution in [0.15, 0.2) is 23.6 Å². The van der Waals surface area contributed by atoms with Gasteiger partial charge in [0.05, 0.1) is 27.1 Å². The Hall–Kier alpha value is -2.62. The fourth-order valence-electron chi connectivity index (χ4n) is 1.95. The normalized spacial score (nSPS) is 10.3. The first-order valence-corrected chi connectivity index (χ1v) is 7.91. The van der Waals surface area contributed by atoms with Gasteiger partial charge in [0, 0.05) is 6.54 Å². The third-order valence-corrected chi connectivity index (χ3v) is 4.04. The number of nitrogens with zero attached hydrogens (tertiary/aromatic N) is 3. The average molecular weight is 353 g/mol. The van der Waals surface area contributed by atoms with Crippen LogP contribution in [-0.2, 0) is 11.3 Å². The van der Waals surface area contributed by atoms with Crippen LogP contribution in [0.3, 0.4) is 0 Å². The van der Waals surface area contributed by atoms with Crippen molar-refractivity contribution in [2.75, 3.05) is 32.9 Å². The second-order valence-corrected chi connectivity index (χ2v) is 5.56. The summed E-state index contributed by atoms with van der Waals surface area (Å²) >= 11 is 1.20. The zero-order valence-electron chi connectivity index (χ0n) is 13.6. The fourth-order valence-corrected chi connectivity index (χ4v) is 2.62. The first-order chi connectivity index (χ1) is 11.6. The van der Waals surface area contributed by atoms with Gasteiger partial charge >= 0.3 is 0 Å². The number of thioether (sulfide) groups is 1. The predicted molar refractivity (Wildman–Crippen MR) is 88.8 cm³/mol. The smallest absolute Gasteiger partial charge is 0.230 e. The van der Waals surface area contributed by atoms with E-state index in [1.807, 2.05) is 0 Å². The van der Waals surface area contributed by atoms with Crippen LogP contribution in [0, 0.1) is 0 Å². The molecule has 0 aliphatic rings. The number of nitrogens with one attached hydrogen (secondary N) is 1. The van der Waals surface area contributed by atoms with Gasteiger partial charge in [0.2, 0.25) is 16.8 Å². The summed E-state index contributed by atoms with van der Waals surface area (Å²) in [5.74, 6) is 7.18. The molecule has 10 heteroatoms. The summed E-state index contributed by atoms with van der Waals surface area (Å²) < 4.78 is 17.1. The number of carbonyl (C=O) groups excluding carboxylic acids is 1. The van der Waals surface area contributed by atoms with Gasteiger partial charge in [-0.1, -0.05) is 11.8 Å². The van der Waals surface area contributed by atoms with Crippen molar-refractivity contribution in [3.63, 3.8) is 0 Å². The molecule has 1 amide bonds. The molecule has 0 atom stereocenters. The Morgan fingerprint density at radius 2 is 1.92 bits per heavy atom. The predicted octanol–water partition coefficient (Wildman–Crippen LogP) is 0.426. The Morgan fingerprint density at radius 1 is 1.25 bits per heavy atom. The number of nitrogen functional groups attached to an aromatic ring is 1. The summed E-state index contributed by atoms with van der Waals surface area (Å²) in [4.78, 5) is 11.9.